The van der Waals surface area contributed by atoms with E-state index in [0.717, 1.165) is 41.4 Å². The SMILES string of the molecule is CC[C@@H](C(=O)NC1CCCCC1)N(CCc1ccccc1)C(=O)CCCSc1ccc(Cl)cc1. The number of halogens is 1. The van der Waals surface area contributed by atoms with Crippen LogP contribution in [0.5, 0.6) is 0 Å². The molecule has 184 valence electrons. The van der Waals surface area contributed by atoms with Gasteiger partial charge in [0.1, 0.15) is 6.04 Å². The zero-order valence-corrected chi connectivity index (χ0v) is 21.8. The van der Waals surface area contributed by atoms with Crippen LogP contribution in [0.25, 0.3) is 0 Å². The van der Waals surface area contributed by atoms with Crippen LogP contribution in [0.2, 0.25) is 5.02 Å². The van der Waals surface area contributed by atoms with Crippen molar-refractivity contribution in [2.24, 2.45) is 0 Å². The van der Waals surface area contributed by atoms with E-state index in [9.17, 15) is 9.59 Å². The lowest BCUT2D eigenvalue weighted by atomic mass is 9.95. The summed E-state index contributed by atoms with van der Waals surface area (Å²) in [6.45, 7) is 2.56. The molecule has 0 saturated heterocycles. The standard InChI is InChI=1S/C28H37ClN2O2S/c1-2-26(28(33)30-24-12-7-4-8-13-24)31(20-19-22-10-5-3-6-11-22)27(32)14-9-21-34-25-17-15-23(29)16-18-25/h3,5-6,10-11,15-18,24,26H,2,4,7-9,12-14,19-21H2,1H3,(H,30,33)/t26-/m0/s1. The van der Waals surface area contributed by atoms with E-state index in [2.05, 4.69) is 17.4 Å². The third-order valence-electron chi connectivity index (χ3n) is 6.44. The zero-order valence-electron chi connectivity index (χ0n) is 20.2. The quantitative estimate of drug-likeness (QED) is 0.267. The van der Waals surface area contributed by atoms with Crippen LogP contribution in [-0.2, 0) is 16.0 Å². The molecular weight excluding hydrogens is 464 g/mol. The molecular formula is C28H37ClN2O2S. The first kappa shape index (κ1) is 26.6. The molecule has 1 atom stereocenters. The molecule has 2 amide bonds. The van der Waals surface area contributed by atoms with Crippen molar-refractivity contribution in [2.45, 2.75) is 81.7 Å². The maximum Gasteiger partial charge on any atom is 0.243 e. The summed E-state index contributed by atoms with van der Waals surface area (Å²) in [5.41, 5.74) is 1.18. The highest BCUT2D eigenvalue weighted by molar-refractivity contribution is 7.99. The highest BCUT2D eigenvalue weighted by atomic mass is 35.5. The van der Waals surface area contributed by atoms with Gasteiger partial charge in [0.2, 0.25) is 11.8 Å². The van der Waals surface area contributed by atoms with E-state index in [1.54, 1.807) is 11.8 Å². The number of nitrogens with zero attached hydrogens (tertiary/aromatic N) is 1. The first-order valence-corrected chi connectivity index (χ1v) is 13.9. The van der Waals surface area contributed by atoms with Gasteiger partial charge in [-0.3, -0.25) is 9.59 Å². The molecule has 1 aliphatic carbocycles. The minimum absolute atomic E-state index is 0.00588. The molecule has 1 N–H and O–H groups in total. The van der Waals surface area contributed by atoms with Gasteiger partial charge in [-0.15, -0.1) is 11.8 Å². The molecule has 6 heteroatoms. The van der Waals surface area contributed by atoms with Crippen LogP contribution in [0.1, 0.15) is 63.9 Å². The second-order valence-corrected chi connectivity index (χ2v) is 10.6. The minimum Gasteiger partial charge on any atom is -0.352 e. The molecule has 4 nitrogen and oxygen atoms in total. The number of carbonyl (C=O) groups excluding carboxylic acids is 2. The monoisotopic (exact) mass is 500 g/mol. The lowest BCUT2D eigenvalue weighted by molar-refractivity contribution is -0.141. The van der Waals surface area contributed by atoms with Crippen LogP contribution in [0, 0.1) is 0 Å². The first-order chi connectivity index (χ1) is 16.6. The van der Waals surface area contributed by atoms with Gasteiger partial charge in [0.05, 0.1) is 0 Å². The fourth-order valence-electron chi connectivity index (χ4n) is 4.53. The summed E-state index contributed by atoms with van der Waals surface area (Å²) in [6.07, 6.45) is 8.27. The topological polar surface area (TPSA) is 49.4 Å². The number of carbonyl (C=O) groups is 2. The number of amides is 2. The molecule has 0 unspecified atom stereocenters. The zero-order chi connectivity index (χ0) is 24.2. The Balaban J connectivity index is 1.59. The van der Waals surface area contributed by atoms with Gasteiger partial charge in [-0.05, 0) is 67.7 Å². The van der Waals surface area contributed by atoms with Gasteiger partial charge < -0.3 is 10.2 Å². The Kier molecular flexibility index (Phi) is 11.3. The van der Waals surface area contributed by atoms with E-state index in [-0.39, 0.29) is 17.9 Å². The van der Waals surface area contributed by atoms with Crippen LogP contribution >= 0.6 is 23.4 Å². The van der Waals surface area contributed by atoms with Gasteiger partial charge in [0.15, 0.2) is 0 Å². The van der Waals surface area contributed by atoms with Gasteiger partial charge in [-0.2, -0.15) is 0 Å². The summed E-state index contributed by atoms with van der Waals surface area (Å²) in [6, 6.07) is 17.8. The van der Waals surface area contributed by atoms with E-state index >= 15 is 0 Å². The summed E-state index contributed by atoms with van der Waals surface area (Å²) in [5, 5.41) is 3.98. The highest BCUT2D eigenvalue weighted by Gasteiger charge is 2.29. The van der Waals surface area contributed by atoms with Gasteiger partial charge in [0.25, 0.3) is 0 Å². The molecule has 1 aliphatic rings. The smallest absolute Gasteiger partial charge is 0.243 e. The van der Waals surface area contributed by atoms with Crippen molar-refractivity contribution >= 4 is 35.2 Å². The van der Waals surface area contributed by atoms with E-state index < -0.39 is 6.04 Å². The molecule has 3 rings (SSSR count). The fraction of sp³-hybridized carbons (Fsp3) is 0.500. The van der Waals surface area contributed by atoms with Crippen molar-refractivity contribution in [2.75, 3.05) is 12.3 Å². The number of nitrogens with one attached hydrogen (secondary N) is 1. The van der Waals surface area contributed by atoms with Gasteiger partial charge in [-0.25, -0.2) is 0 Å². The van der Waals surface area contributed by atoms with Gasteiger partial charge >= 0.3 is 0 Å². The molecule has 2 aromatic rings. The molecule has 1 saturated carbocycles. The predicted octanol–water partition coefficient (Wildman–Crippen LogP) is 6.51. The van der Waals surface area contributed by atoms with E-state index in [1.165, 1.54) is 24.8 Å². The largest absolute Gasteiger partial charge is 0.352 e. The summed E-state index contributed by atoms with van der Waals surface area (Å²) in [4.78, 5) is 29.5. The summed E-state index contributed by atoms with van der Waals surface area (Å²) >= 11 is 7.69. The van der Waals surface area contributed by atoms with Crippen molar-refractivity contribution in [1.82, 2.24) is 10.2 Å². The van der Waals surface area contributed by atoms with Gasteiger partial charge in [-0.1, -0.05) is 68.1 Å². The normalized spacial score (nSPS) is 15.0. The fourth-order valence-corrected chi connectivity index (χ4v) is 5.51. The van der Waals surface area contributed by atoms with E-state index in [4.69, 9.17) is 11.6 Å². The Bertz CT molecular complexity index is 885. The summed E-state index contributed by atoms with van der Waals surface area (Å²) in [7, 11) is 0. The summed E-state index contributed by atoms with van der Waals surface area (Å²) in [5.74, 6) is 0.926. The third-order valence-corrected chi connectivity index (χ3v) is 7.79. The second-order valence-electron chi connectivity index (χ2n) is 9.00. The first-order valence-electron chi connectivity index (χ1n) is 12.6. The molecule has 0 bridgehead atoms. The molecule has 0 aromatic heterocycles. The molecule has 0 aliphatic heterocycles. The van der Waals surface area contributed by atoms with Crippen LogP contribution in [-0.4, -0.2) is 41.1 Å². The molecule has 34 heavy (non-hydrogen) atoms. The van der Waals surface area contributed by atoms with Crippen molar-refractivity contribution in [1.29, 1.82) is 0 Å². The van der Waals surface area contributed by atoms with Crippen LogP contribution in [0.4, 0.5) is 0 Å². The van der Waals surface area contributed by atoms with Crippen molar-refractivity contribution in [3.8, 4) is 0 Å². The highest BCUT2D eigenvalue weighted by Crippen LogP contribution is 2.22. The van der Waals surface area contributed by atoms with Crippen LogP contribution in [0.3, 0.4) is 0 Å². The van der Waals surface area contributed by atoms with Crippen LogP contribution in [0.15, 0.2) is 59.5 Å². The van der Waals surface area contributed by atoms with Gasteiger partial charge in [0, 0.05) is 28.9 Å². The third kappa shape index (κ3) is 8.66. The molecule has 1 fully saturated rings. The maximum absolute atomic E-state index is 13.3. The van der Waals surface area contributed by atoms with Crippen LogP contribution < -0.4 is 5.32 Å². The Morgan fingerprint density at radius 1 is 1.06 bits per heavy atom. The lowest BCUT2D eigenvalue weighted by Crippen LogP contribution is -2.52. The van der Waals surface area contributed by atoms with Crippen molar-refractivity contribution < 1.29 is 9.59 Å². The average molecular weight is 501 g/mol. The maximum atomic E-state index is 13.3. The molecule has 0 heterocycles. The number of benzene rings is 2. The molecule has 2 aromatic carbocycles. The molecule has 0 radical (unpaired) electrons. The van der Waals surface area contributed by atoms with E-state index in [0.29, 0.717) is 19.4 Å². The minimum atomic E-state index is -0.415. The van der Waals surface area contributed by atoms with Crippen molar-refractivity contribution in [3.05, 3.63) is 65.2 Å². The average Bonchev–Trinajstić information content (AvgIpc) is 2.86. The van der Waals surface area contributed by atoms with E-state index in [1.807, 2.05) is 54.3 Å². The number of hydrogen-bond donors (Lipinski definition) is 1. The lowest BCUT2D eigenvalue weighted by Gasteiger charge is -2.33. The molecule has 0 spiro atoms. The summed E-state index contributed by atoms with van der Waals surface area (Å²) < 4.78 is 0. The second kappa shape index (κ2) is 14.4. The van der Waals surface area contributed by atoms with Crippen molar-refractivity contribution in [3.63, 3.8) is 0 Å². The predicted molar refractivity (Wildman–Crippen MR) is 142 cm³/mol. The Labute approximate surface area is 213 Å². The Morgan fingerprint density at radius 2 is 1.76 bits per heavy atom. The Morgan fingerprint density at radius 3 is 2.44 bits per heavy atom. The number of hydrogen-bond acceptors (Lipinski definition) is 3. The number of thioether (sulfide) groups is 1. The number of rotatable bonds is 12. The Hall–Kier alpha value is -1.98.